The van der Waals surface area contributed by atoms with Gasteiger partial charge in [-0.2, -0.15) is 9.40 Å². The van der Waals surface area contributed by atoms with E-state index in [2.05, 4.69) is 5.10 Å². The van der Waals surface area contributed by atoms with E-state index in [1.165, 1.54) is 16.4 Å². The average molecular weight is 489 g/mol. The van der Waals surface area contributed by atoms with Gasteiger partial charge in [0.25, 0.3) is 5.91 Å². The largest absolute Gasteiger partial charge is 0.486 e. The average Bonchev–Trinajstić information content (AvgIpc) is 3.34. The molecule has 1 fully saturated rings. The molecule has 0 atom stereocenters. The molecule has 0 spiro atoms. The van der Waals surface area contributed by atoms with Crippen LogP contribution in [0.15, 0.2) is 59.6 Å². The number of hydrogen-bond acceptors (Lipinski definition) is 6. The van der Waals surface area contributed by atoms with E-state index in [4.69, 9.17) is 21.1 Å². The van der Waals surface area contributed by atoms with Gasteiger partial charge < -0.3 is 14.4 Å². The normalized spacial score (nSPS) is 16.6. The summed E-state index contributed by atoms with van der Waals surface area (Å²) in [7, 11) is -3.72. The summed E-state index contributed by atoms with van der Waals surface area (Å²) in [6, 6.07) is 13.4. The summed E-state index contributed by atoms with van der Waals surface area (Å²) >= 11 is 6.03. The van der Waals surface area contributed by atoms with Gasteiger partial charge in [-0.05, 0) is 36.4 Å². The van der Waals surface area contributed by atoms with E-state index in [-0.39, 0.29) is 42.7 Å². The van der Waals surface area contributed by atoms with Crippen LogP contribution >= 0.6 is 11.6 Å². The number of aromatic nitrogens is 2. The molecule has 172 valence electrons. The first-order valence-electron chi connectivity index (χ1n) is 10.4. The fraction of sp³-hybridized carbons (Fsp3) is 0.273. The van der Waals surface area contributed by atoms with Gasteiger partial charge in [0.15, 0.2) is 17.2 Å². The highest BCUT2D eigenvalue weighted by Gasteiger charge is 2.32. The number of benzene rings is 2. The minimum atomic E-state index is -3.72. The number of piperazine rings is 1. The van der Waals surface area contributed by atoms with Crippen LogP contribution in [0.25, 0.3) is 5.69 Å². The lowest BCUT2D eigenvalue weighted by atomic mass is 10.3. The van der Waals surface area contributed by atoms with Gasteiger partial charge in [0.1, 0.15) is 13.2 Å². The van der Waals surface area contributed by atoms with Crippen molar-refractivity contribution in [3.05, 3.63) is 65.4 Å². The quantitative estimate of drug-likeness (QED) is 0.560. The van der Waals surface area contributed by atoms with Gasteiger partial charge in [-0.3, -0.25) is 4.79 Å². The summed E-state index contributed by atoms with van der Waals surface area (Å²) in [5, 5.41) is 4.94. The maximum absolute atomic E-state index is 13.1. The van der Waals surface area contributed by atoms with Crippen molar-refractivity contribution >= 4 is 27.5 Å². The van der Waals surface area contributed by atoms with Crippen molar-refractivity contribution in [2.45, 2.75) is 4.90 Å². The van der Waals surface area contributed by atoms with Gasteiger partial charge in [0, 0.05) is 43.5 Å². The zero-order chi connectivity index (χ0) is 23.0. The topological polar surface area (TPSA) is 94.0 Å². The van der Waals surface area contributed by atoms with Crippen LogP contribution in [-0.2, 0) is 10.0 Å². The first-order chi connectivity index (χ1) is 15.9. The molecule has 33 heavy (non-hydrogen) atoms. The van der Waals surface area contributed by atoms with Crippen LogP contribution in [0.2, 0.25) is 5.02 Å². The second kappa shape index (κ2) is 8.69. The van der Waals surface area contributed by atoms with Crippen molar-refractivity contribution in [3.8, 4) is 17.2 Å². The van der Waals surface area contributed by atoms with E-state index in [0.717, 1.165) is 5.69 Å². The fourth-order valence-corrected chi connectivity index (χ4v) is 5.45. The molecule has 3 aromatic rings. The monoisotopic (exact) mass is 488 g/mol. The molecule has 3 heterocycles. The third-order valence-corrected chi connectivity index (χ3v) is 7.69. The maximum atomic E-state index is 13.1. The minimum Gasteiger partial charge on any atom is -0.486 e. The third-order valence-electron chi connectivity index (χ3n) is 5.56. The number of ether oxygens (including phenoxy) is 2. The van der Waals surface area contributed by atoms with E-state index in [1.807, 2.05) is 12.1 Å². The van der Waals surface area contributed by atoms with E-state index in [9.17, 15) is 13.2 Å². The summed E-state index contributed by atoms with van der Waals surface area (Å²) in [6.45, 7) is 1.74. The Balaban J connectivity index is 1.26. The summed E-state index contributed by atoms with van der Waals surface area (Å²) in [4.78, 5) is 14.7. The van der Waals surface area contributed by atoms with E-state index in [1.54, 1.807) is 40.0 Å². The molecule has 5 rings (SSSR count). The van der Waals surface area contributed by atoms with Crippen LogP contribution < -0.4 is 9.47 Å². The summed E-state index contributed by atoms with van der Waals surface area (Å²) < 4.78 is 40.2. The summed E-state index contributed by atoms with van der Waals surface area (Å²) in [6.07, 6.45) is 1.70. The highest BCUT2D eigenvalue weighted by atomic mass is 35.5. The molecule has 1 aromatic heterocycles. The molecule has 0 N–H and O–H groups in total. The molecule has 1 saturated heterocycles. The molecular formula is C22H21ClN4O5S. The number of fused-ring (bicyclic) bond motifs is 1. The number of carbonyl (C=O) groups excluding carboxylic acids is 1. The lowest BCUT2D eigenvalue weighted by Gasteiger charge is -2.33. The SMILES string of the molecule is O=C(c1ccn(-c2cccc(Cl)c2)n1)N1CCN(S(=O)(=O)c2ccc3c(c2)OCCO3)CC1. The molecule has 11 heteroatoms. The Bertz CT molecular complexity index is 1300. The van der Waals surface area contributed by atoms with Gasteiger partial charge in [-0.25, -0.2) is 13.1 Å². The van der Waals surface area contributed by atoms with Crippen molar-refractivity contribution in [1.29, 1.82) is 0 Å². The number of nitrogens with zero attached hydrogens (tertiary/aromatic N) is 4. The lowest BCUT2D eigenvalue weighted by molar-refractivity contribution is 0.0691. The molecular weight excluding hydrogens is 468 g/mol. The number of halogens is 1. The van der Waals surface area contributed by atoms with Crippen molar-refractivity contribution in [1.82, 2.24) is 19.0 Å². The molecule has 0 bridgehead atoms. The molecule has 0 aliphatic carbocycles. The standard InChI is InChI=1S/C22H21ClN4O5S/c23-16-2-1-3-17(14-16)27-7-6-19(24-27)22(28)25-8-10-26(11-9-25)33(29,30)18-4-5-20-21(15-18)32-13-12-31-20/h1-7,14-15H,8-13H2. The zero-order valence-corrected chi connectivity index (χ0v) is 19.1. The molecule has 1 amide bonds. The first kappa shape index (κ1) is 21.7. The van der Waals surface area contributed by atoms with Gasteiger partial charge in [0.2, 0.25) is 10.0 Å². The Hall–Kier alpha value is -3.08. The van der Waals surface area contributed by atoms with Crippen LogP contribution in [0.1, 0.15) is 10.5 Å². The van der Waals surface area contributed by atoms with Gasteiger partial charge >= 0.3 is 0 Å². The fourth-order valence-electron chi connectivity index (χ4n) is 3.83. The Kier molecular flexibility index (Phi) is 5.73. The Morgan fingerprint density at radius 2 is 1.70 bits per heavy atom. The number of sulfonamides is 1. The van der Waals surface area contributed by atoms with Gasteiger partial charge in [0.05, 0.1) is 10.6 Å². The van der Waals surface area contributed by atoms with Gasteiger partial charge in [-0.1, -0.05) is 17.7 Å². The van der Waals surface area contributed by atoms with Crippen LogP contribution in [0.5, 0.6) is 11.5 Å². The van der Waals surface area contributed by atoms with Crippen LogP contribution in [0.4, 0.5) is 0 Å². The van der Waals surface area contributed by atoms with E-state index in [0.29, 0.717) is 29.7 Å². The molecule has 0 unspecified atom stereocenters. The second-order valence-electron chi connectivity index (χ2n) is 7.63. The molecule has 9 nitrogen and oxygen atoms in total. The zero-order valence-electron chi connectivity index (χ0n) is 17.6. The molecule has 2 aromatic carbocycles. The van der Waals surface area contributed by atoms with Crippen LogP contribution in [-0.4, -0.2) is 72.7 Å². The predicted molar refractivity (Wildman–Crippen MR) is 121 cm³/mol. The summed E-state index contributed by atoms with van der Waals surface area (Å²) in [5.74, 6) is 0.714. The second-order valence-corrected chi connectivity index (χ2v) is 10.0. The molecule has 0 radical (unpaired) electrons. The van der Waals surface area contributed by atoms with Gasteiger partial charge in [-0.15, -0.1) is 0 Å². The van der Waals surface area contributed by atoms with Crippen molar-refractivity contribution in [2.24, 2.45) is 0 Å². The van der Waals surface area contributed by atoms with Crippen molar-refractivity contribution < 1.29 is 22.7 Å². The highest BCUT2D eigenvalue weighted by Crippen LogP contribution is 2.33. The Morgan fingerprint density at radius 1 is 0.939 bits per heavy atom. The minimum absolute atomic E-state index is 0.145. The van der Waals surface area contributed by atoms with E-state index < -0.39 is 10.0 Å². The van der Waals surface area contributed by atoms with Crippen molar-refractivity contribution in [2.75, 3.05) is 39.4 Å². The summed E-state index contributed by atoms with van der Waals surface area (Å²) in [5.41, 5.74) is 1.04. The number of rotatable bonds is 4. The Labute approximate surface area is 196 Å². The number of amides is 1. The highest BCUT2D eigenvalue weighted by molar-refractivity contribution is 7.89. The smallest absolute Gasteiger partial charge is 0.274 e. The molecule has 2 aliphatic rings. The van der Waals surface area contributed by atoms with Crippen LogP contribution in [0.3, 0.4) is 0 Å². The molecule has 0 saturated carbocycles. The number of hydrogen-bond donors (Lipinski definition) is 0. The maximum Gasteiger partial charge on any atom is 0.274 e. The number of carbonyl (C=O) groups is 1. The molecule has 2 aliphatic heterocycles. The third kappa shape index (κ3) is 4.29. The van der Waals surface area contributed by atoms with Crippen LogP contribution in [0, 0.1) is 0 Å². The van der Waals surface area contributed by atoms with Crippen molar-refractivity contribution in [3.63, 3.8) is 0 Å². The Morgan fingerprint density at radius 3 is 2.45 bits per heavy atom. The predicted octanol–water partition coefficient (Wildman–Crippen LogP) is 2.44. The lowest BCUT2D eigenvalue weighted by Crippen LogP contribution is -2.50. The van der Waals surface area contributed by atoms with E-state index >= 15 is 0 Å². The first-order valence-corrected chi connectivity index (χ1v) is 12.2.